The summed E-state index contributed by atoms with van der Waals surface area (Å²) in [6.45, 7) is 6.43. The number of fused-ring (bicyclic) bond motifs is 2. The molecule has 1 N–H and O–H groups in total. The first-order valence-corrected chi connectivity index (χ1v) is 7.87. The number of nitrogens with zero attached hydrogens (tertiary/aromatic N) is 1. The molecule has 0 radical (unpaired) electrons. The Kier molecular flexibility index (Phi) is 3.70. The lowest BCUT2D eigenvalue weighted by molar-refractivity contribution is -0.0537. The van der Waals surface area contributed by atoms with Gasteiger partial charge in [0, 0.05) is 12.1 Å². The standard InChI is InChI=1S/C17H22N2O4/c1-16(2,3)23-15(21)19-10-6-9-17(11-19)12-7-4-5-8-13(12)18-14(20)22-17/h4-5,7-8H,6,9-11H2,1-3H3,(H,18,20). The molecule has 1 spiro atoms. The van der Waals surface area contributed by atoms with Crippen LogP contribution in [0.25, 0.3) is 0 Å². The fourth-order valence-electron chi connectivity index (χ4n) is 3.16. The van der Waals surface area contributed by atoms with E-state index in [0.717, 1.165) is 17.7 Å². The molecule has 23 heavy (non-hydrogen) atoms. The number of ether oxygens (including phenoxy) is 2. The molecule has 6 nitrogen and oxygen atoms in total. The van der Waals surface area contributed by atoms with Crippen LogP contribution in [0, 0.1) is 0 Å². The molecule has 2 heterocycles. The number of rotatable bonds is 0. The third-order valence-electron chi connectivity index (χ3n) is 4.05. The monoisotopic (exact) mass is 318 g/mol. The van der Waals surface area contributed by atoms with Gasteiger partial charge in [0.25, 0.3) is 0 Å². The van der Waals surface area contributed by atoms with Crippen LogP contribution in [-0.4, -0.2) is 35.8 Å². The van der Waals surface area contributed by atoms with Crippen molar-refractivity contribution in [1.29, 1.82) is 0 Å². The van der Waals surface area contributed by atoms with Crippen LogP contribution in [0.5, 0.6) is 0 Å². The first kappa shape index (κ1) is 15.6. The highest BCUT2D eigenvalue weighted by Gasteiger charge is 2.46. The first-order valence-electron chi connectivity index (χ1n) is 7.87. The maximum atomic E-state index is 12.4. The van der Waals surface area contributed by atoms with Gasteiger partial charge >= 0.3 is 12.2 Å². The summed E-state index contributed by atoms with van der Waals surface area (Å²) in [7, 11) is 0. The third-order valence-corrected chi connectivity index (χ3v) is 4.05. The molecular formula is C17H22N2O4. The zero-order valence-corrected chi connectivity index (χ0v) is 13.7. The summed E-state index contributed by atoms with van der Waals surface area (Å²) in [5.74, 6) is 0. The summed E-state index contributed by atoms with van der Waals surface area (Å²) in [4.78, 5) is 25.9. The van der Waals surface area contributed by atoms with Gasteiger partial charge in [-0.1, -0.05) is 18.2 Å². The second kappa shape index (κ2) is 5.44. The van der Waals surface area contributed by atoms with Gasteiger partial charge in [0.2, 0.25) is 0 Å². The zero-order valence-electron chi connectivity index (χ0n) is 13.7. The lowest BCUT2D eigenvalue weighted by atomic mass is 9.83. The molecule has 2 aliphatic heterocycles. The molecule has 1 atom stereocenters. The van der Waals surface area contributed by atoms with Gasteiger partial charge in [-0.2, -0.15) is 0 Å². The summed E-state index contributed by atoms with van der Waals surface area (Å²) < 4.78 is 11.1. The molecule has 0 aromatic heterocycles. The number of hydrogen-bond acceptors (Lipinski definition) is 4. The molecule has 2 amide bonds. The van der Waals surface area contributed by atoms with E-state index in [2.05, 4.69) is 5.32 Å². The minimum absolute atomic E-state index is 0.312. The van der Waals surface area contributed by atoms with E-state index in [4.69, 9.17) is 9.47 Å². The van der Waals surface area contributed by atoms with Crippen molar-refractivity contribution in [2.24, 2.45) is 0 Å². The molecule has 0 bridgehead atoms. The molecule has 124 valence electrons. The topological polar surface area (TPSA) is 67.9 Å². The molecule has 1 unspecified atom stereocenters. The average Bonchev–Trinajstić information content (AvgIpc) is 2.45. The highest BCUT2D eigenvalue weighted by Crippen LogP contribution is 2.42. The van der Waals surface area contributed by atoms with Gasteiger partial charge in [-0.15, -0.1) is 0 Å². The second-order valence-corrected chi connectivity index (χ2v) is 7.06. The summed E-state index contributed by atoms with van der Waals surface area (Å²) in [6.07, 6.45) is 0.593. The lowest BCUT2D eigenvalue weighted by Gasteiger charge is -2.45. The Morgan fingerprint density at radius 2 is 2.09 bits per heavy atom. The van der Waals surface area contributed by atoms with E-state index in [9.17, 15) is 9.59 Å². The van der Waals surface area contributed by atoms with Crippen molar-refractivity contribution in [2.75, 3.05) is 18.4 Å². The van der Waals surface area contributed by atoms with Crippen LogP contribution in [0.2, 0.25) is 0 Å². The van der Waals surface area contributed by atoms with E-state index in [-0.39, 0.29) is 6.09 Å². The molecule has 1 saturated heterocycles. The number of likely N-dealkylation sites (tertiary alicyclic amines) is 1. The summed E-state index contributed by atoms with van der Waals surface area (Å²) in [6, 6.07) is 7.57. The second-order valence-electron chi connectivity index (χ2n) is 7.06. The number of hydrogen-bond donors (Lipinski definition) is 1. The predicted octanol–water partition coefficient (Wildman–Crippen LogP) is 3.47. The minimum atomic E-state index is -0.798. The Morgan fingerprint density at radius 3 is 2.83 bits per heavy atom. The third kappa shape index (κ3) is 3.11. The smallest absolute Gasteiger partial charge is 0.412 e. The van der Waals surface area contributed by atoms with E-state index in [1.54, 1.807) is 4.90 Å². The van der Waals surface area contributed by atoms with Gasteiger partial charge < -0.3 is 14.4 Å². The normalized spacial score (nSPS) is 23.8. The number of carbonyl (C=O) groups is 2. The average molecular weight is 318 g/mol. The molecule has 1 fully saturated rings. The molecule has 1 aromatic rings. The Bertz CT molecular complexity index is 638. The van der Waals surface area contributed by atoms with Gasteiger partial charge in [0.05, 0.1) is 12.2 Å². The molecule has 0 aliphatic carbocycles. The fourth-order valence-corrected chi connectivity index (χ4v) is 3.16. The van der Waals surface area contributed by atoms with Gasteiger partial charge in [0.15, 0.2) is 5.60 Å². The molecule has 1 aromatic carbocycles. The lowest BCUT2D eigenvalue weighted by Crippen LogP contribution is -2.53. The maximum absolute atomic E-state index is 12.4. The van der Waals surface area contributed by atoms with Gasteiger partial charge in [-0.05, 0) is 39.7 Å². The van der Waals surface area contributed by atoms with Gasteiger partial charge in [-0.25, -0.2) is 9.59 Å². The summed E-state index contributed by atoms with van der Waals surface area (Å²) in [5.41, 5.74) is 0.306. The quantitative estimate of drug-likeness (QED) is 0.795. The first-order chi connectivity index (χ1) is 10.8. The van der Waals surface area contributed by atoms with Crippen LogP contribution < -0.4 is 5.32 Å². The van der Waals surface area contributed by atoms with E-state index in [1.165, 1.54) is 0 Å². The molecule has 2 aliphatic rings. The van der Waals surface area contributed by atoms with Crippen molar-refractivity contribution in [3.05, 3.63) is 29.8 Å². The molecule has 3 rings (SSSR count). The largest absolute Gasteiger partial charge is 0.444 e. The van der Waals surface area contributed by atoms with Crippen molar-refractivity contribution in [2.45, 2.75) is 44.8 Å². The number of carbonyl (C=O) groups excluding carboxylic acids is 2. The molecule has 6 heteroatoms. The number of piperidine rings is 1. The highest BCUT2D eigenvalue weighted by atomic mass is 16.6. The van der Waals surface area contributed by atoms with Crippen LogP contribution >= 0.6 is 0 Å². The number of para-hydroxylation sites is 1. The predicted molar refractivity (Wildman–Crippen MR) is 85.3 cm³/mol. The molecule has 0 saturated carbocycles. The van der Waals surface area contributed by atoms with E-state index >= 15 is 0 Å². The van der Waals surface area contributed by atoms with Crippen molar-refractivity contribution in [3.63, 3.8) is 0 Å². The SMILES string of the molecule is CC(C)(C)OC(=O)N1CCCC2(C1)OC(=O)Nc1ccccc12. The van der Waals surface area contributed by atoms with Crippen molar-refractivity contribution >= 4 is 17.9 Å². The van der Waals surface area contributed by atoms with Crippen LogP contribution in [0.3, 0.4) is 0 Å². The van der Waals surface area contributed by atoms with E-state index in [1.807, 2.05) is 45.0 Å². The van der Waals surface area contributed by atoms with Crippen LogP contribution in [-0.2, 0) is 15.1 Å². The number of amides is 2. The molecular weight excluding hydrogens is 296 g/mol. The Balaban J connectivity index is 1.88. The van der Waals surface area contributed by atoms with E-state index in [0.29, 0.717) is 19.5 Å². The maximum Gasteiger partial charge on any atom is 0.412 e. The Hall–Kier alpha value is -2.24. The summed E-state index contributed by atoms with van der Waals surface area (Å²) in [5, 5.41) is 2.72. The van der Waals surface area contributed by atoms with Gasteiger partial charge in [0.1, 0.15) is 5.60 Å². The van der Waals surface area contributed by atoms with E-state index < -0.39 is 17.3 Å². The minimum Gasteiger partial charge on any atom is -0.444 e. The number of benzene rings is 1. The van der Waals surface area contributed by atoms with Crippen LogP contribution in [0.1, 0.15) is 39.2 Å². The fraction of sp³-hybridized carbons (Fsp3) is 0.529. The van der Waals surface area contributed by atoms with Crippen LogP contribution in [0.4, 0.5) is 15.3 Å². The Morgan fingerprint density at radius 1 is 1.35 bits per heavy atom. The number of anilines is 1. The number of nitrogens with one attached hydrogen (secondary N) is 1. The highest BCUT2D eigenvalue weighted by molar-refractivity contribution is 5.89. The van der Waals surface area contributed by atoms with Crippen molar-refractivity contribution in [1.82, 2.24) is 4.90 Å². The van der Waals surface area contributed by atoms with Crippen molar-refractivity contribution < 1.29 is 19.1 Å². The Labute approximate surface area is 135 Å². The zero-order chi connectivity index (χ0) is 16.7. The van der Waals surface area contributed by atoms with Crippen molar-refractivity contribution in [3.8, 4) is 0 Å². The van der Waals surface area contributed by atoms with Crippen LogP contribution in [0.15, 0.2) is 24.3 Å². The van der Waals surface area contributed by atoms with Gasteiger partial charge in [-0.3, -0.25) is 5.32 Å². The summed E-state index contributed by atoms with van der Waals surface area (Å²) >= 11 is 0.